The summed E-state index contributed by atoms with van der Waals surface area (Å²) in [6.07, 6.45) is 2.86. The summed E-state index contributed by atoms with van der Waals surface area (Å²) in [6.45, 7) is 0.823. The fraction of sp³-hybridized carbons (Fsp3) is 0.417. The van der Waals surface area contributed by atoms with Gasteiger partial charge >= 0.3 is 0 Å². The van der Waals surface area contributed by atoms with Gasteiger partial charge in [-0.15, -0.1) is 0 Å². The molecule has 1 aliphatic heterocycles. The Morgan fingerprint density at radius 1 is 1.47 bits per heavy atom. The van der Waals surface area contributed by atoms with E-state index in [1.54, 1.807) is 6.07 Å². The summed E-state index contributed by atoms with van der Waals surface area (Å²) >= 11 is 5.84. The van der Waals surface area contributed by atoms with Crippen molar-refractivity contribution in [2.45, 2.75) is 25.3 Å². The highest BCUT2D eigenvalue weighted by Gasteiger charge is 2.22. The zero-order valence-electron chi connectivity index (χ0n) is 9.30. The van der Waals surface area contributed by atoms with Gasteiger partial charge in [0.05, 0.1) is 16.8 Å². The number of hydrogen-bond donors (Lipinski definition) is 2. The van der Waals surface area contributed by atoms with Crippen LogP contribution in [0.2, 0.25) is 5.02 Å². The van der Waals surface area contributed by atoms with Gasteiger partial charge in [-0.25, -0.2) is 4.39 Å². The Labute approximate surface area is 104 Å². The molecule has 0 aromatic heterocycles. The average Bonchev–Trinajstić information content (AvgIpc) is 2.35. The van der Waals surface area contributed by atoms with Crippen molar-refractivity contribution in [3.63, 3.8) is 0 Å². The predicted molar refractivity (Wildman–Crippen MR) is 65.7 cm³/mol. The van der Waals surface area contributed by atoms with E-state index in [-0.39, 0.29) is 22.7 Å². The first-order valence-corrected chi connectivity index (χ1v) is 6.04. The maximum atomic E-state index is 13.5. The molecule has 1 aromatic carbocycles. The van der Waals surface area contributed by atoms with Gasteiger partial charge in [0.2, 0.25) is 5.91 Å². The molecule has 1 aliphatic rings. The lowest BCUT2D eigenvalue weighted by Gasteiger charge is -2.22. The Hall–Kier alpha value is -1.13. The fourth-order valence-electron chi connectivity index (χ4n) is 1.90. The number of anilines is 1. The van der Waals surface area contributed by atoms with E-state index in [4.69, 9.17) is 11.6 Å². The SMILES string of the molecule is O=C(Nc1c(F)cccc1Cl)C1CCCCN1. The first-order valence-electron chi connectivity index (χ1n) is 5.67. The standard InChI is InChI=1S/C12H14ClFN2O/c13-8-4-3-5-9(14)11(8)16-12(17)10-6-1-2-7-15-10/h3-5,10,15H,1-2,6-7H2,(H,16,17). The first-order chi connectivity index (χ1) is 8.18. The van der Waals surface area contributed by atoms with Gasteiger partial charge in [0.15, 0.2) is 0 Å². The van der Waals surface area contributed by atoms with E-state index in [0.29, 0.717) is 0 Å². The molecule has 1 heterocycles. The maximum Gasteiger partial charge on any atom is 0.241 e. The van der Waals surface area contributed by atoms with E-state index in [0.717, 1.165) is 25.8 Å². The van der Waals surface area contributed by atoms with E-state index in [2.05, 4.69) is 10.6 Å². The second-order valence-corrected chi connectivity index (χ2v) is 4.50. The molecule has 0 aliphatic carbocycles. The summed E-state index contributed by atoms with van der Waals surface area (Å²) in [5.41, 5.74) is 0.0616. The van der Waals surface area contributed by atoms with Crippen LogP contribution in [0.5, 0.6) is 0 Å². The van der Waals surface area contributed by atoms with Gasteiger partial charge in [0, 0.05) is 0 Å². The number of benzene rings is 1. The Bertz CT molecular complexity index is 399. The third-order valence-electron chi connectivity index (χ3n) is 2.84. The number of carbonyl (C=O) groups is 1. The quantitative estimate of drug-likeness (QED) is 0.854. The Balaban J connectivity index is 2.07. The lowest BCUT2D eigenvalue weighted by Crippen LogP contribution is -2.43. The number of rotatable bonds is 2. The number of nitrogens with one attached hydrogen (secondary N) is 2. The molecule has 1 atom stereocenters. The summed E-state index contributed by atoms with van der Waals surface area (Å²) in [5.74, 6) is -0.738. The van der Waals surface area contributed by atoms with Gasteiger partial charge in [-0.2, -0.15) is 0 Å². The third kappa shape index (κ3) is 2.96. The largest absolute Gasteiger partial charge is 0.321 e. The lowest BCUT2D eigenvalue weighted by atomic mass is 10.0. The Morgan fingerprint density at radius 3 is 2.94 bits per heavy atom. The minimum absolute atomic E-state index is 0.0616. The second kappa shape index (κ2) is 5.47. The summed E-state index contributed by atoms with van der Waals surface area (Å²) in [4.78, 5) is 11.9. The normalized spacial score (nSPS) is 20.0. The van der Waals surface area contributed by atoms with E-state index in [1.165, 1.54) is 12.1 Å². The van der Waals surface area contributed by atoms with E-state index >= 15 is 0 Å². The molecule has 1 amide bonds. The van der Waals surface area contributed by atoms with E-state index in [1.807, 2.05) is 0 Å². The van der Waals surface area contributed by atoms with Crippen molar-refractivity contribution < 1.29 is 9.18 Å². The monoisotopic (exact) mass is 256 g/mol. The number of carbonyl (C=O) groups excluding carboxylic acids is 1. The molecule has 0 saturated carbocycles. The number of piperidine rings is 1. The van der Waals surface area contributed by atoms with Gasteiger partial charge in [0.25, 0.3) is 0 Å². The Kier molecular flexibility index (Phi) is 3.97. The van der Waals surface area contributed by atoms with Crippen LogP contribution in [-0.2, 0) is 4.79 Å². The van der Waals surface area contributed by atoms with Crippen molar-refractivity contribution in [1.29, 1.82) is 0 Å². The third-order valence-corrected chi connectivity index (χ3v) is 3.15. The fourth-order valence-corrected chi connectivity index (χ4v) is 2.11. The molecule has 0 bridgehead atoms. The smallest absolute Gasteiger partial charge is 0.241 e. The van der Waals surface area contributed by atoms with Crippen LogP contribution in [0.1, 0.15) is 19.3 Å². The van der Waals surface area contributed by atoms with Gasteiger partial charge in [-0.05, 0) is 31.5 Å². The summed E-state index contributed by atoms with van der Waals surface area (Å²) in [7, 11) is 0. The molecule has 1 unspecified atom stereocenters. The molecule has 2 N–H and O–H groups in total. The number of halogens is 2. The van der Waals surface area contributed by atoms with E-state index < -0.39 is 5.82 Å². The minimum Gasteiger partial charge on any atom is -0.321 e. The second-order valence-electron chi connectivity index (χ2n) is 4.09. The molecule has 3 nitrogen and oxygen atoms in total. The molecule has 1 aromatic rings. The Morgan fingerprint density at radius 2 is 2.29 bits per heavy atom. The zero-order valence-corrected chi connectivity index (χ0v) is 10.1. The number of hydrogen-bond acceptors (Lipinski definition) is 2. The maximum absolute atomic E-state index is 13.5. The summed E-state index contributed by atoms with van der Waals surface area (Å²) < 4.78 is 13.5. The number of amides is 1. The van der Waals surface area contributed by atoms with Crippen LogP contribution in [0, 0.1) is 5.82 Å². The van der Waals surface area contributed by atoms with Crippen LogP contribution in [-0.4, -0.2) is 18.5 Å². The van der Waals surface area contributed by atoms with Crippen LogP contribution >= 0.6 is 11.6 Å². The lowest BCUT2D eigenvalue weighted by molar-refractivity contribution is -0.118. The minimum atomic E-state index is -0.512. The number of para-hydroxylation sites is 1. The van der Waals surface area contributed by atoms with Crippen molar-refractivity contribution in [2.75, 3.05) is 11.9 Å². The highest BCUT2D eigenvalue weighted by molar-refractivity contribution is 6.33. The van der Waals surface area contributed by atoms with Crippen molar-refractivity contribution in [1.82, 2.24) is 5.32 Å². The van der Waals surface area contributed by atoms with Gasteiger partial charge in [-0.3, -0.25) is 4.79 Å². The molecule has 0 spiro atoms. The van der Waals surface area contributed by atoms with Gasteiger partial charge < -0.3 is 10.6 Å². The van der Waals surface area contributed by atoms with Crippen molar-refractivity contribution in [2.24, 2.45) is 0 Å². The van der Waals surface area contributed by atoms with Crippen molar-refractivity contribution in [3.8, 4) is 0 Å². The first kappa shape index (κ1) is 12.3. The average molecular weight is 257 g/mol. The molecule has 5 heteroatoms. The van der Waals surface area contributed by atoms with Crippen LogP contribution in [0.4, 0.5) is 10.1 Å². The molecule has 17 heavy (non-hydrogen) atoms. The summed E-state index contributed by atoms with van der Waals surface area (Å²) in [5, 5.41) is 5.86. The molecular weight excluding hydrogens is 243 g/mol. The molecule has 2 rings (SSSR count). The zero-order chi connectivity index (χ0) is 12.3. The van der Waals surface area contributed by atoms with Crippen LogP contribution in [0.3, 0.4) is 0 Å². The van der Waals surface area contributed by atoms with Crippen molar-refractivity contribution in [3.05, 3.63) is 29.0 Å². The summed E-state index contributed by atoms with van der Waals surface area (Å²) in [6, 6.07) is 4.08. The topological polar surface area (TPSA) is 41.1 Å². The highest BCUT2D eigenvalue weighted by Crippen LogP contribution is 2.25. The van der Waals surface area contributed by atoms with Gasteiger partial charge in [0.1, 0.15) is 5.82 Å². The predicted octanol–water partition coefficient (Wildman–Crippen LogP) is 2.56. The molecule has 0 radical (unpaired) electrons. The van der Waals surface area contributed by atoms with Crippen LogP contribution < -0.4 is 10.6 Å². The van der Waals surface area contributed by atoms with E-state index in [9.17, 15) is 9.18 Å². The van der Waals surface area contributed by atoms with Crippen LogP contribution in [0.25, 0.3) is 0 Å². The molecule has 92 valence electrons. The highest BCUT2D eigenvalue weighted by atomic mass is 35.5. The molecule has 1 saturated heterocycles. The van der Waals surface area contributed by atoms with Gasteiger partial charge in [-0.1, -0.05) is 24.1 Å². The molecular formula is C12H14ClFN2O. The molecule has 1 fully saturated rings. The van der Waals surface area contributed by atoms with Crippen LogP contribution in [0.15, 0.2) is 18.2 Å². The van der Waals surface area contributed by atoms with Crippen molar-refractivity contribution >= 4 is 23.2 Å².